The third kappa shape index (κ3) is 3.01. The number of hydrogen-bond acceptors (Lipinski definition) is 1. The van der Waals surface area contributed by atoms with Gasteiger partial charge in [-0.25, -0.2) is 0 Å². The predicted molar refractivity (Wildman–Crippen MR) is 58.8 cm³/mol. The van der Waals surface area contributed by atoms with E-state index in [4.69, 9.17) is 0 Å². The van der Waals surface area contributed by atoms with Crippen LogP contribution in [-0.4, -0.2) is 11.0 Å². The summed E-state index contributed by atoms with van der Waals surface area (Å²) in [5.74, 6) is 2.35. The summed E-state index contributed by atoms with van der Waals surface area (Å²) in [6.45, 7) is 4.64. The van der Waals surface area contributed by atoms with Crippen LogP contribution in [0.15, 0.2) is 0 Å². The van der Waals surface area contributed by atoms with Gasteiger partial charge >= 0.3 is 0 Å². The predicted octanol–water partition coefficient (Wildman–Crippen LogP) is 4.10. The lowest BCUT2D eigenvalue weighted by atomic mass is 9.86. The van der Waals surface area contributed by atoms with Crippen molar-refractivity contribution in [1.29, 1.82) is 0 Å². The van der Waals surface area contributed by atoms with Gasteiger partial charge in [0.25, 0.3) is 0 Å². The summed E-state index contributed by atoms with van der Waals surface area (Å²) in [4.78, 5) is 0. The van der Waals surface area contributed by atoms with Gasteiger partial charge in [0.15, 0.2) is 0 Å². The van der Waals surface area contributed by atoms with Crippen LogP contribution in [0.1, 0.15) is 52.4 Å². The van der Waals surface area contributed by atoms with Gasteiger partial charge in [-0.15, -0.1) is 0 Å². The quantitative estimate of drug-likeness (QED) is 0.637. The van der Waals surface area contributed by atoms with Gasteiger partial charge in [0.05, 0.1) is 0 Å². The zero-order chi connectivity index (χ0) is 8.81. The molecule has 0 aliphatic heterocycles. The summed E-state index contributed by atoms with van der Waals surface area (Å²) in [6, 6.07) is 0. The molecule has 1 aliphatic carbocycles. The van der Waals surface area contributed by atoms with E-state index in [9.17, 15) is 0 Å². The van der Waals surface area contributed by atoms with Crippen molar-refractivity contribution in [2.75, 3.05) is 5.75 Å². The Bertz CT molecular complexity index is 103. The van der Waals surface area contributed by atoms with E-state index in [1.54, 1.807) is 0 Å². The standard InChI is InChI=1S/C11H22S/c1-3-11(12-4-2)10-8-6-5-7-9-10/h10-11H,3-9H2,1-2H3. The lowest BCUT2D eigenvalue weighted by Gasteiger charge is -2.28. The molecule has 1 heteroatoms. The summed E-state index contributed by atoms with van der Waals surface area (Å²) >= 11 is 2.18. The van der Waals surface area contributed by atoms with Crippen LogP contribution in [0, 0.1) is 5.92 Å². The van der Waals surface area contributed by atoms with E-state index < -0.39 is 0 Å². The summed E-state index contributed by atoms with van der Waals surface area (Å²) in [7, 11) is 0. The van der Waals surface area contributed by atoms with Crippen LogP contribution in [0.4, 0.5) is 0 Å². The Balaban J connectivity index is 2.29. The highest BCUT2D eigenvalue weighted by Crippen LogP contribution is 2.33. The van der Waals surface area contributed by atoms with Gasteiger partial charge in [-0.3, -0.25) is 0 Å². The van der Waals surface area contributed by atoms with E-state index in [-0.39, 0.29) is 0 Å². The molecule has 0 amide bonds. The van der Waals surface area contributed by atoms with Crippen molar-refractivity contribution in [1.82, 2.24) is 0 Å². The Morgan fingerprint density at radius 1 is 1.17 bits per heavy atom. The molecule has 1 saturated carbocycles. The van der Waals surface area contributed by atoms with Gasteiger partial charge in [-0.05, 0) is 30.9 Å². The molecule has 0 aromatic carbocycles. The maximum Gasteiger partial charge on any atom is 0.00725 e. The van der Waals surface area contributed by atoms with E-state index in [0.717, 1.165) is 11.2 Å². The third-order valence-corrected chi connectivity index (χ3v) is 4.44. The number of hydrogen-bond donors (Lipinski definition) is 0. The lowest BCUT2D eigenvalue weighted by Crippen LogP contribution is -2.19. The van der Waals surface area contributed by atoms with Gasteiger partial charge in [0, 0.05) is 5.25 Å². The van der Waals surface area contributed by atoms with Crippen LogP contribution in [0.5, 0.6) is 0 Å². The fourth-order valence-corrected chi connectivity index (χ4v) is 3.52. The molecular formula is C11H22S. The van der Waals surface area contributed by atoms with Crippen molar-refractivity contribution in [2.45, 2.75) is 57.6 Å². The second-order valence-electron chi connectivity index (χ2n) is 3.80. The molecule has 0 nitrogen and oxygen atoms in total. The van der Waals surface area contributed by atoms with Gasteiger partial charge in [0.2, 0.25) is 0 Å². The minimum Gasteiger partial charge on any atom is -0.159 e. The van der Waals surface area contributed by atoms with E-state index in [1.807, 2.05) is 0 Å². The maximum absolute atomic E-state index is 2.35. The summed E-state index contributed by atoms with van der Waals surface area (Å²) in [6.07, 6.45) is 8.86. The summed E-state index contributed by atoms with van der Waals surface area (Å²) in [5, 5.41) is 0.968. The maximum atomic E-state index is 2.35. The molecule has 0 aromatic rings. The Kier molecular flexibility index (Phi) is 5.13. The Morgan fingerprint density at radius 2 is 1.83 bits per heavy atom. The highest BCUT2D eigenvalue weighted by atomic mass is 32.2. The molecule has 12 heavy (non-hydrogen) atoms. The van der Waals surface area contributed by atoms with Crippen LogP contribution in [0.25, 0.3) is 0 Å². The van der Waals surface area contributed by atoms with Crippen molar-refractivity contribution >= 4 is 11.8 Å². The second kappa shape index (κ2) is 5.90. The van der Waals surface area contributed by atoms with E-state index in [2.05, 4.69) is 25.6 Å². The van der Waals surface area contributed by atoms with Crippen LogP contribution < -0.4 is 0 Å². The Hall–Kier alpha value is 0.350. The molecular weight excluding hydrogens is 164 g/mol. The zero-order valence-electron chi connectivity index (χ0n) is 8.51. The second-order valence-corrected chi connectivity index (χ2v) is 5.32. The van der Waals surface area contributed by atoms with Crippen molar-refractivity contribution in [3.63, 3.8) is 0 Å². The van der Waals surface area contributed by atoms with Crippen LogP contribution in [0.3, 0.4) is 0 Å². The minimum absolute atomic E-state index is 0.968. The molecule has 1 fully saturated rings. The molecule has 0 radical (unpaired) electrons. The van der Waals surface area contributed by atoms with Crippen LogP contribution in [0.2, 0.25) is 0 Å². The van der Waals surface area contributed by atoms with Gasteiger partial charge < -0.3 is 0 Å². The first-order chi connectivity index (χ1) is 5.88. The molecule has 1 aliphatic rings. The van der Waals surface area contributed by atoms with Crippen molar-refractivity contribution in [3.05, 3.63) is 0 Å². The summed E-state index contributed by atoms with van der Waals surface area (Å²) in [5.41, 5.74) is 0. The van der Waals surface area contributed by atoms with Crippen LogP contribution in [-0.2, 0) is 0 Å². The topological polar surface area (TPSA) is 0 Å². The van der Waals surface area contributed by atoms with E-state index >= 15 is 0 Å². The number of rotatable bonds is 4. The molecule has 0 spiro atoms. The molecule has 0 heterocycles. The smallest absolute Gasteiger partial charge is 0.00725 e. The van der Waals surface area contributed by atoms with Gasteiger partial charge in [-0.2, -0.15) is 11.8 Å². The van der Waals surface area contributed by atoms with Gasteiger partial charge in [0.1, 0.15) is 0 Å². The number of thioether (sulfide) groups is 1. The monoisotopic (exact) mass is 186 g/mol. The molecule has 72 valence electrons. The molecule has 0 aromatic heterocycles. The van der Waals surface area contributed by atoms with E-state index in [1.165, 1.54) is 44.3 Å². The first-order valence-electron chi connectivity index (χ1n) is 5.50. The van der Waals surface area contributed by atoms with Gasteiger partial charge in [-0.1, -0.05) is 33.1 Å². The van der Waals surface area contributed by atoms with Crippen molar-refractivity contribution in [3.8, 4) is 0 Å². The highest BCUT2D eigenvalue weighted by molar-refractivity contribution is 7.99. The fraction of sp³-hybridized carbons (Fsp3) is 1.00. The molecule has 0 saturated heterocycles. The summed E-state index contributed by atoms with van der Waals surface area (Å²) < 4.78 is 0. The molecule has 1 rings (SSSR count). The lowest BCUT2D eigenvalue weighted by molar-refractivity contribution is 0.345. The molecule has 1 unspecified atom stereocenters. The SMILES string of the molecule is CCSC(CC)C1CCCCC1. The largest absolute Gasteiger partial charge is 0.159 e. The molecule has 1 atom stereocenters. The van der Waals surface area contributed by atoms with Crippen molar-refractivity contribution in [2.24, 2.45) is 5.92 Å². The zero-order valence-corrected chi connectivity index (χ0v) is 9.33. The highest BCUT2D eigenvalue weighted by Gasteiger charge is 2.21. The minimum atomic E-state index is 0.968. The van der Waals surface area contributed by atoms with Crippen LogP contribution >= 0.6 is 11.8 Å². The average molecular weight is 186 g/mol. The first-order valence-corrected chi connectivity index (χ1v) is 6.55. The normalized spacial score (nSPS) is 22.5. The van der Waals surface area contributed by atoms with Crippen molar-refractivity contribution < 1.29 is 0 Å². The first kappa shape index (κ1) is 10.4. The molecule has 0 N–H and O–H groups in total. The van der Waals surface area contributed by atoms with E-state index in [0.29, 0.717) is 0 Å². The Labute approximate surface area is 81.5 Å². The fourth-order valence-electron chi connectivity index (χ4n) is 2.31. The third-order valence-electron chi connectivity index (χ3n) is 2.96. The average Bonchev–Trinajstić information content (AvgIpc) is 2.15. The molecule has 0 bridgehead atoms. The Morgan fingerprint density at radius 3 is 2.33 bits per heavy atom.